The van der Waals surface area contributed by atoms with Crippen LogP contribution in [0.1, 0.15) is 10.4 Å². The van der Waals surface area contributed by atoms with Gasteiger partial charge < -0.3 is 0 Å². The average Bonchev–Trinajstić information content (AvgIpc) is 3.37. The third kappa shape index (κ3) is 4.54. The summed E-state index contributed by atoms with van der Waals surface area (Å²) in [5.74, 6) is -0.292. The van der Waals surface area contributed by atoms with Crippen molar-refractivity contribution in [3.63, 3.8) is 0 Å². The van der Waals surface area contributed by atoms with Crippen LogP contribution in [0.4, 0.5) is 10.1 Å². The number of anilines is 1. The number of nitrogens with zero attached hydrogens (tertiary/aromatic N) is 4. The average molecular weight is 457 g/mol. The number of rotatable bonds is 6. The van der Waals surface area contributed by atoms with E-state index in [-0.39, 0.29) is 17.5 Å². The lowest BCUT2D eigenvalue weighted by molar-refractivity contribution is -0.380. The highest BCUT2D eigenvalue weighted by Crippen LogP contribution is 2.32. The summed E-state index contributed by atoms with van der Waals surface area (Å²) in [7, 11) is 0. The molecule has 1 aromatic carbocycles. The van der Waals surface area contributed by atoms with E-state index in [1.807, 2.05) is 18.2 Å². The summed E-state index contributed by atoms with van der Waals surface area (Å²) in [4.78, 5) is 34.3. The van der Waals surface area contributed by atoms with Crippen LogP contribution in [-0.4, -0.2) is 20.8 Å². The van der Waals surface area contributed by atoms with Crippen molar-refractivity contribution in [2.45, 2.75) is 6.54 Å². The third-order valence-electron chi connectivity index (χ3n) is 4.08. The van der Waals surface area contributed by atoms with Gasteiger partial charge in [0, 0.05) is 34.4 Å². The first-order chi connectivity index (χ1) is 14.5. The molecule has 0 fully saturated rings. The second-order valence-electron chi connectivity index (χ2n) is 6.16. The molecule has 30 heavy (non-hydrogen) atoms. The number of thiophene rings is 1. The summed E-state index contributed by atoms with van der Waals surface area (Å²) in [6.07, 6.45) is 6.32. The first-order valence-corrected chi connectivity index (χ1v) is 10.7. The van der Waals surface area contributed by atoms with Gasteiger partial charge in [-0.2, -0.15) is 0 Å². The predicted molar refractivity (Wildman–Crippen MR) is 120 cm³/mol. The van der Waals surface area contributed by atoms with Gasteiger partial charge in [-0.1, -0.05) is 40.3 Å². The Morgan fingerprint density at radius 1 is 1.23 bits per heavy atom. The fourth-order valence-electron chi connectivity index (χ4n) is 2.69. The van der Waals surface area contributed by atoms with Crippen molar-refractivity contribution in [2.75, 3.05) is 4.90 Å². The van der Waals surface area contributed by atoms with Gasteiger partial charge in [0.05, 0.1) is 21.7 Å². The van der Waals surface area contributed by atoms with E-state index in [0.717, 1.165) is 27.1 Å². The molecule has 7 nitrogen and oxygen atoms in total. The van der Waals surface area contributed by atoms with Crippen molar-refractivity contribution < 1.29 is 9.72 Å². The smallest absolute Gasteiger partial charge is 0.280 e. The Hall–Kier alpha value is -3.14. The molecule has 0 saturated heterocycles. The highest BCUT2D eigenvalue weighted by molar-refractivity contribution is 7.22. The van der Waals surface area contributed by atoms with Crippen LogP contribution in [0.2, 0.25) is 5.02 Å². The molecule has 150 valence electrons. The van der Waals surface area contributed by atoms with E-state index in [4.69, 9.17) is 11.6 Å². The summed E-state index contributed by atoms with van der Waals surface area (Å²) in [6.45, 7) is 0.287. The van der Waals surface area contributed by atoms with Crippen LogP contribution in [0.5, 0.6) is 0 Å². The minimum atomic E-state index is -0.454. The topological polar surface area (TPSA) is 89.2 Å². The first-order valence-electron chi connectivity index (χ1n) is 8.68. The number of pyridine rings is 1. The Morgan fingerprint density at radius 3 is 2.83 bits per heavy atom. The van der Waals surface area contributed by atoms with E-state index in [1.165, 1.54) is 23.5 Å². The van der Waals surface area contributed by atoms with Gasteiger partial charge in [0.1, 0.15) is 0 Å². The molecule has 0 bridgehead atoms. The van der Waals surface area contributed by atoms with Crippen LogP contribution >= 0.6 is 34.3 Å². The maximum Gasteiger partial charge on any atom is 0.324 e. The quantitative estimate of drug-likeness (QED) is 0.215. The summed E-state index contributed by atoms with van der Waals surface area (Å²) < 4.78 is 0.874. The number of carbonyl (C=O) groups is 1. The van der Waals surface area contributed by atoms with Gasteiger partial charge in [0.25, 0.3) is 5.91 Å². The third-order valence-corrected chi connectivity index (χ3v) is 6.36. The SMILES string of the molecule is O=C(/C=C/c1ccc([N+](=O)[O-])s1)N(Cc1cccnc1)c1nc2ccc(Cl)cc2s1. The molecule has 0 spiro atoms. The number of halogens is 1. The number of nitro groups is 1. The minimum Gasteiger partial charge on any atom is -0.280 e. The van der Waals surface area contributed by atoms with E-state index in [9.17, 15) is 14.9 Å². The van der Waals surface area contributed by atoms with Crippen molar-refractivity contribution >= 4 is 66.6 Å². The maximum atomic E-state index is 13.0. The zero-order chi connectivity index (χ0) is 21.1. The number of aromatic nitrogens is 2. The summed E-state index contributed by atoms with van der Waals surface area (Å²) >= 11 is 8.44. The molecule has 0 saturated carbocycles. The van der Waals surface area contributed by atoms with Crippen LogP contribution in [0.25, 0.3) is 16.3 Å². The molecule has 10 heteroatoms. The molecule has 0 unspecified atom stereocenters. The van der Waals surface area contributed by atoms with Crippen molar-refractivity contribution in [2.24, 2.45) is 0 Å². The number of fused-ring (bicyclic) bond motifs is 1. The minimum absolute atomic E-state index is 0.0253. The van der Waals surface area contributed by atoms with Gasteiger partial charge in [0.2, 0.25) is 0 Å². The lowest BCUT2D eigenvalue weighted by atomic mass is 10.2. The van der Waals surface area contributed by atoms with Crippen LogP contribution in [0.3, 0.4) is 0 Å². The van der Waals surface area contributed by atoms with E-state index < -0.39 is 4.92 Å². The molecular formula is C20H13ClN4O3S2. The lowest BCUT2D eigenvalue weighted by Crippen LogP contribution is -2.28. The van der Waals surface area contributed by atoms with Crippen molar-refractivity contribution in [3.8, 4) is 0 Å². The Morgan fingerprint density at radius 2 is 2.10 bits per heavy atom. The van der Waals surface area contributed by atoms with Gasteiger partial charge in [-0.25, -0.2) is 4.98 Å². The van der Waals surface area contributed by atoms with E-state index in [1.54, 1.807) is 41.6 Å². The molecule has 3 aromatic heterocycles. The van der Waals surface area contributed by atoms with Crippen molar-refractivity contribution in [3.05, 3.63) is 86.5 Å². The van der Waals surface area contributed by atoms with E-state index in [2.05, 4.69) is 9.97 Å². The normalized spacial score (nSPS) is 11.2. The molecule has 0 aliphatic carbocycles. The highest BCUT2D eigenvalue weighted by Gasteiger charge is 2.19. The molecule has 0 aliphatic heterocycles. The maximum absolute atomic E-state index is 13.0. The molecule has 0 aliphatic rings. The van der Waals surface area contributed by atoms with Gasteiger partial charge in [0.15, 0.2) is 5.13 Å². The van der Waals surface area contributed by atoms with Crippen LogP contribution in [-0.2, 0) is 11.3 Å². The molecular weight excluding hydrogens is 444 g/mol. The summed E-state index contributed by atoms with van der Waals surface area (Å²) in [6, 6.07) is 12.1. The summed E-state index contributed by atoms with van der Waals surface area (Å²) in [5.41, 5.74) is 1.60. The zero-order valence-electron chi connectivity index (χ0n) is 15.3. The lowest BCUT2D eigenvalue weighted by Gasteiger charge is -2.18. The van der Waals surface area contributed by atoms with Crippen LogP contribution in [0, 0.1) is 10.1 Å². The Bertz CT molecular complexity index is 1250. The monoisotopic (exact) mass is 456 g/mol. The van der Waals surface area contributed by atoms with Gasteiger partial charge in [-0.05, 0) is 42.0 Å². The Labute approximate surface area is 184 Å². The van der Waals surface area contributed by atoms with Crippen molar-refractivity contribution in [1.82, 2.24) is 9.97 Å². The molecule has 0 atom stereocenters. The van der Waals surface area contributed by atoms with Crippen LogP contribution < -0.4 is 4.90 Å². The standard InChI is InChI=1S/C20H13ClN4O3S2/c21-14-3-6-16-17(10-14)30-20(23-16)24(12-13-2-1-9-22-11-13)18(26)7-4-15-5-8-19(29-15)25(27)28/h1-11H,12H2/b7-4+. The Balaban J connectivity index is 1.65. The van der Waals surface area contributed by atoms with Gasteiger partial charge in [-0.15, -0.1) is 0 Å². The molecule has 1 amide bonds. The number of carbonyl (C=O) groups excluding carboxylic acids is 1. The molecule has 0 N–H and O–H groups in total. The number of thiazole rings is 1. The number of amides is 1. The fourth-order valence-corrected chi connectivity index (χ4v) is 4.66. The molecule has 4 aromatic rings. The van der Waals surface area contributed by atoms with Gasteiger partial charge in [-0.3, -0.25) is 24.8 Å². The largest absolute Gasteiger partial charge is 0.324 e. The fraction of sp³-hybridized carbons (Fsp3) is 0.0500. The van der Waals surface area contributed by atoms with Crippen LogP contribution in [0.15, 0.2) is 60.9 Å². The number of benzene rings is 1. The number of hydrogen-bond donors (Lipinski definition) is 0. The molecule has 4 rings (SSSR count). The number of hydrogen-bond acceptors (Lipinski definition) is 7. The second kappa shape index (κ2) is 8.70. The zero-order valence-corrected chi connectivity index (χ0v) is 17.7. The summed E-state index contributed by atoms with van der Waals surface area (Å²) in [5, 5.41) is 12.0. The van der Waals surface area contributed by atoms with Crippen molar-refractivity contribution in [1.29, 1.82) is 0 Å². The van der Waals surface area contributed by atoms with E-state index >= 15 is 0 Å². The van der Waals surface area contributed by atoms with E-state index in [0.29, 0.717) is 15.0 Å². The molecule has 0 radical (unpaired) electrons. The Kier molecular flexibility index (Phi) is 5.84. The molecule has 3 heterocycles. The second-order valence-corrected chi connectivity index (χ2v) is 8.70. The first kappa shape index (κ1) is 20.1. The predicted octanol–water partition coefficient (Wildman–Crippen LogP) is 5.56. The highest BCUT2D eigenvalue weighted by atomic mass is 35.5. The van der Waals surface area contributed by atoms with Gasteiger partial charge >= 0.3 is 5.00 Å².